The van der Waals surface area contributed by atoms with E-state index in [2.05, 4.69) is 30.4 Å². The lowest BCUT2D eigenvalue weighted by molar-refractivity contribution is -0.121. The number of amides is 1. The smallest absolute Gasteiger partial charge is 0.234 e. The van der Waals surface area contributed by atoms with E-state index in [1.807, 2.05) is 13.8 Å². The fraction of sp³-hybridized carbons (Fsp3) is 0.769. The normalized spacial score (nSPS) is 12.9. The Hall–Kier alpha value is -1.01. The highest BCUT2D eigenvalue weighted by Crippen LogP contribution is 2.05. The maximum atomic E-state index is 11.6. The first kappa shape index (κ1) is 15.0. The number of carbonyl (C=O) groups is 1. The molecule has 2 N–H and O–H groups in total. The molecule has 0 aliphatic carbocycles. The maximum Gasteiger partial charge on any atom is 0.234 e. The van der Waals surface area contributed by atoms with Crippen LogP contribution >= 0.6 is 0 Å². The largest absolute Gasteiger partial charge is 0.350 e. The lowest BCUT2D eigenvalue weighted by Crippen LogP contribution is -2.47. The average Bonchev–Trinajstić information content (AvgIpc) is 2.23. The molecule has 1 unspecified atom stereocenters. The molecule has 0 aromatic heterocycles. The molecule has 0 radical (unpaired) electrons. The van der Waals surface area contributed by atoms with Gasteiger partial charge in [-0.1, -0.05) is 26.2 Å². The summed E-state index contributed by atoms with van der Waals surface area (Å²) in [4.78, 5) is 11.6. The second-order valence-electron chi connectivity index (χ2n) is 4.67. The van der Waals surface area contributed by atoms with Gasteiger partial charge in [-0.05, 0) is 26.7 Å². The SMILES string of the molecule is C#CC(CCC)NCC(=O)NC(C)(C)CC. The van der Waals surface area contributed by atoms with E-state index in [4.69, 9.17) is 6.42 Å². The first-order chi connectivity index (χ1) is 7.45. The van der Waals surface area contributed by atoms with Gasteiger partial charge < -0.3 is 5.32 Å². The Labute approximate surface area is 99.4 Å². The molecule has 92 valence electrons. The summed E-state index contributed by atoms with van der Waals surface area (Å²) in [5.41, 5.74) is -0.144. The van der Waals surface area contributed by atoms with Gasteiger partial charge in [0.2, 0.25) is 5.91 Å². The summed E-state index contributed by atoms with van der Waals surface area (Å²) in [6, 6.07) is 0.000453. The summed E-state index contributed by atoms with van der Waals surface area (Å²) in [6.45, 7) is 8.44. The fourth-order valence-corrected chi connectivity index (χ4v) is 1.26. The highest BCUT2D eigenvalue weighted by Gasteiger charge is 2.17. The Kier molecular flexibility index (Phi) is 6.83. The van der Waals surface area contributed by atoms with E-state index < -0.39 is 0 Å². The van der Waals surface area contributed by atoms with Crippen molar-refractivity contribution in [2.24, 2.45) is 0 Å². The minimum Gasteiger partial charge on any atom is -0.350 e. The number of carbonyl (C=O) groups excluding carboxylic acids is 1. The summed E-state index contributed by atoms with van der Waals surface area (Å²) in [6.07, 6.45) is 8.18. The second-order valence-corrected chi connectivity index (χ2v) is 4.67. The number of nitrogens with one attached hydrogen (secondary N) is 2. The molecule has 1 atom stereocenters. The Morgan fingerprint density at radius 3 is 2.50 bits per heavy atom. The first-order valence-electron chi connectivity index (χ1n) is 5.95. The molecule has 0 aliphatic heterocycles. The highest BCUT2D eigenvalue weighted by molar-refractivity contribution is 5.78. The van der Waals surface area contributed by atoms with Gasteiger partial charge in [0.25, 0.3) is 0 Å². The Morgan fingerprint density at radius 2 is 2.06 bits per heavy atom. The van der Waals surface area contributed by atoms with Crippen molar-refractivity contribution in [3.63, 3.8) is 0 Å². The predicted octanol–water partition coefficient (Wildman–Crippen LogP) is 1.68. The van der Waals surface area contributed by atoms with Gasteiger partial charge in [0.15, 0.2) is 0 Å². The third-order valence-corrected chi connectivity index (χ3v) is 2.65. The van der Waals surface area contributed by atoms with Crippen molar-refractivity contribution >= 4 is 5.91 Å². The van der Waals surface area contributed by atoms with Gasteiger partial charge in [0.05, 0.1) is 12.6 Å². The molecule has 0 aromatic carbocycles. The summed E-state index contributed by atoms with van der Waals surface area (Å²) < 4.78 is 0. The van der Waals surface area contributed by atoms with E-state index >= 15 is 0 Å². The van der Waals surface area contributed by atoms with Gasteiger partial charge in [-0.3, -0.25) is 10.1 Å². The maximum absolute atomic E-state index is 11.6. The van der Waals surface area contributed by atoms with Crippen LogP contribution in [0.2, 0.25) is 0 Å². The fourth-order valence-electron chi connectivity index (χ4n) is 1.26. The third-order valence-electron chi connectivity index (χ3n) is 2.65. The van der Waals surface area contributed by atoms with E-state index in [0.717, 1.165) is 19.3 Å². The van der Waals surface area contributed by atoms with Crippen LogP contribution < -0.4 is 10.6 Å². The summed E-state index contributed by atoms with van der Waals surface area (Å²) in [5, 5.41) is 6.03. The molecule has 0 saturated heterocycles. The van der Waals surface area contributed by atoms with Crippen molar-refractivity contribution in [2.75, 3.05) is 6.54 Å². The molecule has 0 fully saturated rings. The topological polar surface area (TPSA) is 41.1 Å². The van der Waals surface area contributed by atoms with Crippen molar-refractivity contribution in [1.82, 2.24) is 10.6 Å². The van der Waals surface area contributed by atoms with Crippen molar-refractivity contribution in [1.29, 1.82) is 0 Å². The first-order valence-corrected chi connectivity index (χ1v) is 5.95. The number of terminal acetylenes is 1. The molecule has 0 saturated carbocycles. The molecular weight excluding hydrogens is 200 g/mol. The molecule has 0 aromatic rings. The highest BCUT2D eigenvalue weighted by atomic mass is 16.2. The van der Waals surface area contributed by atoms with Gasteiger partial charge in [-0.25, -0.2) is 0 Å². The van der Waals surface area contributed by atoms with Crippen LogP contribution in [-0.4, -0.2) is 24.0 Å². The molecule has 16 heavy (non-hydrogen) atoms. The number of hydrogen-bond acceptors (Lipinski definition) is 2. The van der Waals surface area contributed by atoms with Crippen LogP contribution in [0.5, 0.6) is 0 Å². The molecule has 0 aliphatic rings. The molecule has 3 heteroatoms. The zero-order valence-electron chi connectivity index (χ0n) is 10.9. The third kappa shape index (κ3) is 6.47. The lowest BCUT2D eigenvalue weighted by Gasteiger charge is -2.25. The van der Waals surface area contributed by atoms with Crippen molar-refractivity contribution in [3.05, 3.63) is 0 Å². The lowest BCUT2D eigenvalue weighted by atomic mass is 10.0. The molecule has 1 amide bonds. The van der Waals surface area contributed by atoms with Gasteiger partial charge in [-0.2, -0.15) is 0 Å². The average molecular weight is 224 g/mol. The minimum absolute atomic E-state index is 0.000453. The quantitative estimate of drug-likeness (QED) is 0.646. The van der Waals surface area contributed by atoms with Gasteiger partial charge in [0, 0.05) is 5.54 Å². The van der Waals surface area contributed by atoms with E-state index in [-0.39, 0.29) is 24.0 Å². The van der Waals surface area contributed by atoms with Crippen LogP contribution in [0.1, 0.15) is 47.0 Å². The van der Waals surface area contributed by atoms with Crippen molar-refractivity contribution < 1.29 is 4.79 Å². The zero-order valence-corrected chi connectivity index (χ0v) is 10.9. The van der Waals surface area contributed by atoms with E-state index in [1.54, 1.807) is 0 Å². The van der Waals surface area contributed by atoms with Crippen LogP contribution in [-0.2, 0) is 4.79 Å². The Morgan fingerprint density at radius 1 is 1.44 bits per heavy atom. The van der Waals surface area contributed by atoms with Crippen LogP contribution in [0.4, 0.5) is 0 Å². The Bertz CT molecular complexity index is 253. The summed E-state index contributed by atoms with van der Waals surface area (Å²) >= 11 is 0. The molecule has 0 rings (SSSR count). The van der Waals surface area contributed by atoms with E-state index in [1.165, 1.54) is 0 Å². The van der Waals surface area contributed by atoms with E-state index in [9.17, 15) is 4.79 Å². The second kappa shape index (κ2) is 7.29. The molecular formula is C13H24N2O. The molecule has 0 heterocycles. The minimum atomic E-state index is -0.144. The molecule has 3 nitrogen and oxygen atoms in total. The monoisotopic (exact) mass is 224 g/mol. The summed E-state index contributed by atoms with van der Waals surface area (Å²) in [5.74, 6) is 2.65. The van der Waals surface area contributed by atoms with Crippen LogP contribution in [0.15, 0.2) is 0 Å². The van der Waals surface area contributed by atoms with Crippen molar-refractivity contribution in [3.8, 4) is 12.3 Å². The summed E-state index contributed by atoms with van der Waals surface area (Å²) in [7, 11) is 0. The molecule has 0 bridgehead atoms. The van der Waals surface area contributed by atoms with Gasteiger partial charge >= 0.3 is 0 Å². The van der Waals surface area contributed by atoms with Gasteiger partial charge in [-0.15, -0.1) is 6.42 Å². The zero-order chi connectivity index (χ0) is 12.6. The standard InChI is InChI=1S/C13H24N2O/c1-6-9-11(7-2)14-10-12(16)15-13(4,5)8-3/h2,11,14H,6,8-10H2,1,3-5H3,(H,15,16). The van der Waals surface area contributed by atoms with Gasteiger partial charge in [0.1, 0.15) is 0 Å². The predicted molar refractivity (Wildman–Crippen MR) is 68.0 cm³/mol. The van der Waals surface area contributed by atoms with Crippen LogP contribution in [0, 0.1) is 12.3 Å². The van der Waals surface area contributed by atoms with E-state index in [0.29, 0.717) is 0 Å². The molecule has 0 spiro atoms. The number of hydrogen-bond donors (Lipinski definition) is 2. The van der Waals surface area contributed by atoms with Crippen molar-refractivity contribution in [2.45, 2.75) is 58.5 Å². The van der Waals surface area contributed by atoms with Crippen LogP contribution in [0.25, 0.3) is 0 Å². The van der Waals surface area contributed by atoms with Crippen LogP contribution in [0.3, 0.4) is 0 Å². The number of rotatable bonds is 7. The Balaban J connectivity index is 3.94.